The summed E-state index contributed by atoms with van der Waals surface area (Å²) >= 11 is 1.84. The van der Waals surface area contributed by atoms with E-state index in [4.69, 9.17) is 0 Å². The maximum Gasteiger partial charge on any atom is 0.314 e. The van der Waals surface area contributed by atoms with Crippen LogP contribution in [0.15, 0.2) is 29.2 Å². The zero-order chi connectivity index (χ0) is 13.4. The van der Waals surface area contributed by atoms with Crippen molar-refractivity contribution in [3.8, 4) is 0 Å². The van der Waals surface area contributed by atoms with Gasteiger partial charge in [0.2, 0.25) is 0 Å². The molecule has 4 heteroatoms. The van der Waals surface area contributed by atoms with E-state index in [-0.39, 0.29) is 12.1 Å². The molecule has 0 bridgehead atoms. The number of urea groups is 1. The fourth-order valence-electron chi connectivity index (χ4n) is 1.55. The third-order valence-corrected chi connectivity index (χ3v) is 3.25. The SMILES string of the molecule is CCSc1ccc(CCNC(=O)NC(C)C)cc1. The van der Waals surface area contributed by atoms with Gasteiger partial charge in [-0.3, -0.25) is 0 Å². The highest BCUT2D eigenvalue weighted by atomic mass is 32.2. The number of hydrogen-bond donors (Lipinski definition) is 2. The summed E-state index contributed by atoms with van der Waals surface area (Å²) in [6.45, 7) is 6.71. The van der Waals surface area contributed by atoms with E-state index in [0.717, 1.165) is 12.2 Å². The quantitative estimate of drug-likeness (QED) is 0.777. The van der Waals surface area contributed by atoms with Gasteiger partial charge in [0, 0.05) is 17.5 Å². The minimum Gasteiger partial charge on any atom is -0.338 e. The third-order valence-electron chi connectivity index (χ3n) is 2.35. The highest BCUT2D eigenvalue weighted by Crippen LogP contribution is 2.17. The van der Waals surface area contributed by atoms with Crippen LogP contribution in [-0.4, -0.2) is 24.4 Å². The van der Waals surface area contributed by atoms with Crippen molar-refractivity contribution in [1.82, 2.24) is 10.6 Å². The summed E-state index contributed by atoms with van der Waals surface area (Å²) in [4.78, 5) is 12.7. The molecule has 0 saturated heterocycles. The summed E-state index contributed by atoms with van der Waals surface area (Å²) in [7, 11) is 0. The fraction of sp³-hybridized carbons (Fsp3) is 0.500. The molecule has 0 fully saturated rings. The number of hydrogen-bond acceptors (Lipinski definition) is 2. The summed E-state index contributed by atoms with van der Waals surface area (Å²) in [6, 6.07) is 8.61. The van der Waals surface area contributed by atoms with Crippen molar-refractivity contribution < 1.29 is 4.79 Å². The Balaban J connectivity index is 2.28. The largest absolute Gasteiger partial charge is 0.338 e. The van der Waals surface area contributed by atoms with Crippen molar-refractivity contribution in [3.63, 3.8) is 0 Å². The molecule has 3 nitrogen and oxygen atoms in total. The molecule has 0 aliphatic heterocycles. The van der Waals surface area contributed by atoms with Gasteiger partial charge in [-0.1, -0.05) is 19.1 Å². The molecule has 1 aromatic carbocycles. The van der Waals surface area contributed by atoms with Gasteiger partial charge >= 0.3 is 6.03 Å². The summed E-state index contributed by atoms with van der Waals surface area (Å²) in [5.74, 6) is 1.09. The van der Waals surface area contributed by atoms with Crippen LogP contribution in [0.5, 0.6) is 0 Å². The maximum atomic E-state index is 11.4. The predicted octanol–water partition coefficient (Wildman–Crippen LogP) is 3.05. The van der Waals surface area contributed by atoms with Gasteiger partial charge in [-0.2, -0.15) is 0 Å². The molecule has 0 aliphatic rings. The molecule has 18 heavy (non-hydrogen) atoms. The van der Waals surface area contributed by atoms with Crippen LogP contribution in [0.25, 0.3) is 0 Å². The Morgan fingerprint density at radius 3 is 2.50 bits per heavy atom. The average molecular weight is 266 g/mol. The second-order valence-corrected chi connectivity index (χ2v) is 5.72. The number of carbonyl (C=O) groups is 1. The van der Waals surface area contributed by atoms with Gasteiger partial charge in [-0.15, -0.1) is 11.8 Å². The van der Waals surface area contributed by atoms with E-state index in [9.17, 15) is 4.79 Å². The van der Waals surface area contributed by atoms with Crippen LogP contribution in [0, 0.1) is 0 Å². The van der Waals surface area contributed by atoms with E-state index in [1.165, 1.54) is 10.5 Å². The molecule has 0 spiro atoms. The fourth-order valence-corrected chi connectivity index (χ4v) is 2.21. The molecule has 0 saturated carbocycles. The molecule has 100 valence electrons. The van der Waals surface area contributed by atoms with Crippen LogP contribution < -0.4 is 10.6 Å². The van der Waals surface area contributed by atoms with Crippen molar-refractivity contribution in [1.29, 1.82) is 0 Å². The lowest BCUT2D eigenvalue weighted by Crippen LogP contribution is -2.40. The lowest BCUT2D eigenvalue weighted by Gasteiger charge is -2.10. The Morgan fingerprint density at radius 1 is 1.28 bits per heavy atom. The molecule has 0 heterocycles. The number of carbonyl (C=O) groups excluding carboxylic acids is 1. The first-order valence-electron chi connectivity index (χ1n) is 6.38. The van der Waals surface area contributed by atoms with E-state index in [1.807, 2.05) is 25.6 Å². The van der Waals surface area contributed by atoms with Crippen LogP contribution in [0.4, 0.5) is 4.79 Å². The summed E-state index contributed by atoms with van der Waals surface area (Å²) in [5, 5.41) is 5.65. The lowest BCUT2D eigenvalue weighted by atomic mass is 10.1. The van der Waals surface area contributed by atoms with E-state index >= 15 is 0 Å². The average Bonchev–Trinajstić information content (AvgIpc) is 2.31. The zero-order valence-corrected chi connectivity index (χ0v) is 12.1. The lowest BCUT2D eigenvalue weighted by molar-refractivity contribution is 0.238. The van der Waals surface area contributed by atoms with Crippen molar-refractivity contribution in [2.24, 2.45) is 0 Å². The number of rotatable bonds is 6. The summed E-state index contributed by atoms with van der Waals surface area (Å²) in [5.41, 5.74) is 1.25. The van der Waals surface area contributed by atoms with E-state index in [2.05, 4.69) is 41.8 Å². The van der Waals surface area contributed by atoms with Gasteiger partial charge in [-0.25, -0.2) is 4.79 Å². The normalized spacial score (nSPS) is 10.4. The van der Waals surface area contributed by atoms with Crippen molar-refractivity contribution in [2.75, 3.05) is 12.3 Å². The maximum absolute atomic E-state index is 11.4. The van der Waals surface area contributed by atoms with Crippen LogP contribution in [0.1, 0.15) is 26.3 Å². The molecule has 1 aromatic rings. The molecular formula is C14H22N2OS. The molecule has 0 radical (unpaired) electrons. The van der Waals surface area contributed by atoms with Crippen molar-refractivity contribution in [2.45, 2.75) is 38.1 Å². The summed E-state index contributed by atoms with van der Waals surface area (Å²) in [6.07, 6.45) is 0.864. The van der Waals surface area contributed by atoms with E-state index in [1.54, 1.807) is 0 Å². The Bertz CT molecular complexity index is 363. The second-order valence-electron chi connectivity index (χ2n) is 4.38. The van der Waals surface area contributed by atoms with E-state index in [0.29, 0.717) is 6.54 Å². The Hall–Kier alpha value is -1.16. The minimum atomic E-state index is -0.0943. The summed E-state index contributed by atoms with van der Waals surface area (Å²) < 4.78 is 0. The first-order valence-corrected chi connectivity index (χ1v) is 7.36. The molecule has 1 rings (SSSR count). The Kier molecular flexibility index (Phi) is 6.65. The molecule has 0 aromatic heterocycles. The monoisotopic (exact) mass is 266 g/mol. The number of nitrogens with one attached hydrogen (secondary N) is 2. The van der Waals surface area contributed by atoms with Gasteiger partial charge in [0.1, 0.15) is 0 Å². The number of benzene rings is 1. The van der Waals surface area contributed by atoms with Crippen LogP contribution in [0.2, 0.25) is 0 Å². The van der Waals surface area contributed by atoms with Gasteiger partial charge in [0.25, 0.3) is 0 Å². The van der Waals surface area contributed by atoms with Crippen LogP contribution in [0.3, 0.4) is 0 Å². The number of amides is 2. The highest BCUT2D eigenvalue weighted by molar-refractivity contribution is 7.99. The minimum absolute atomic E-state index is 0.0943. The van der Waals surface area contributed by atoms with E-state index < -0.39 is 0 Å². The predicted molar refractivity (Wildman–Crippen MR) is 78.2 cm³/mol. The molecule has 2 amide bonds. The molecular weight excluding hydrogens is 244 g/mol. The van der Waals surface area contributed by atoms with Crippen molar-refractivity contribution in [3.05, 3.63) is 29.8 Å². The Labute approximate surface area is 114 Å². The molecule has 0 aliphatic carbocycles. The van der Waals surface area contributed by atoms with Crippen LogP contribution >= 0.6 is 11.8 Å². The first kappa shape index (κ1) is 14.9. The first-order chi connectivity index (χ1) is 8.61. The Morgan fingerprint density at radius 2 is 1.94 bits per heavy atom. The second kappa shape index (κ2) is 8.03. The smallest absolute Gasteiger partial charge is 0.314 e. The standard InChI is InChI=1S/C14H22N2OS/c1-4-18-13-7-5-12(6-8-13)9-10-15-14(17)16-11(2)3/h5-8,11H,4,9-10H2,1-3H3,(H2,15,16,17). The molecule has 0 unspecified atom stereocenters. The zero-order valence-electron chi connectivity index (χ0n) is 11.3. The van der Waals surface area contributed by atoms with Crippen LogP contribution in [-0.2, 0) is 6.42 Å². The van der Waals surface area contributed by atoms with Gasteiger partial charge < -0.3 is 10.6 Å². The van der Waals surface area contributed by atoms with Gasteiger partial charge in [0.15, 0.2) is 0 Å². The molecule has 2 N–H and O–H groups in total. The highest BCUT2D eigenvalue weighted by Gasteiger charge is 2.01. The topological polar surface area (TPSA) is 41.1 Å². The van der Waals surface area contributed by atoms with Gasteiger partial charge in [-0.05, 0) is 43.7 Å². The van der Waals surface area contributed by atoms with Gasteiger partial charge in [0.05, 0.1) is 0 Å². The third kappa shape index (κ3) is 5.96. The van der Waals surface area contributed by atoms with Crippen molar-refractivity contribution >= 4 is 17.8 Å². The number of thioether (sulfide) groups is 1. The molecule has 0 atom stereocenters.